The summed E-state index contributed by atoms with van der Waals surface area (Å²) in [5.74, 6) is 2.48. The molecule has 45 heavy (non-hydrogen) atoms. The van der Waals surface area contributed by atoms with Crippen LogP contribution in [-0.2, 0) is 20.1 Å². The molecule has 2 saturated carbocycles. The normalized spacial score (nSPS) is 21.5. The van der Waals surface area contributed by atoms with E-state index < -0.39 is 5.60 Å². The van der Waals surface area contributed by atoms with Crippen LogP contribution in [0.2, 0.25) is 0 Å². The number of fused-ring (bicyclic) bond motifs is 4. The zero-order chi connectivity index (χ0) is 31.2. The van der Waals surface area contributed by atoms with E-state index >= 15 is 0 Å². The minimum Gasteiger partial charge on any atom is -0.494 e. The van der Waals surface area contributed by atoms with E-state index in [2.05, 4.69) is 38.5 Å². The summed E-state index contributed by atoms with van der Waals surface area (Å²) in [7, 11) is 3.67. The van der Waals surface area contributed by atoms with Gasteiger partial charge in [-0.3, -0.25) is 9.48 Å². The fourth-order valence-electron chi connectivity index (χ4n) is 7.74. The number of ether oxygens (including phenoxy) is 1. The van der Waals surface area contributed by atoms with E-state index in [0.717, 1.165) is 70.5 Å². The van der Waals surface area contributed by atoms with Crippen molar-refractivity contribution >= 4 is 27.8 Å². The highest BCUT2D eigenvalue weighted by Crippen LogP contribution is 2.41. The van der Waals surface area contributed by atoms with Gasteiger partial charge < -0.3 is 29.6 Å². The van der Waals surface area contributed by atoms with Gasteiger partial charge in [0.05, 0.1) is 42.2 Å². The van der Waals surface area contributed by atoms with E-state index in [0.29, 0.717) is 29.7 Å². The van der Waals surface area contributed by atoms with Crippen molar-refractivity contribution in [1.29, 1.82) is 0 Å². The number of nitrogens with two attached hydrogens (primary N) is 1. The van der Waals surface area contributed by atoms with Gasteiger partial charge in [0, 0.05) is 60.5 Å². The molecule has 3 N–H and O–H groups in total. The first kappa shape index (κ1) is 28.3. The van der Waals surface area contributed by atoms with E-state index in [9.17, 15) is 9.90 Å². The van der Waals surface area contributed by atoms with Gasteiger partial charge in [-0.2, -0.15) is 5.10 Å². The molecule has 10 heteroatoms. The van der Waals surface area contributed by atoms with E-state index in [1.807, 2.05) is 36.5 Å². The van der Waals surface area contributed by atoms with Gasteiger partial charge in [0.1, 0.15) is 11.3 Å². The molecule has 0 unspecified atom stereocenters. The number of carbonyl (C=O) groups is 1. The highest BCUT2D eigenvalue weighted by atomic mass is 16.5. The molecule has 0 spiro atoms. The standard InChI is InChI=1S/C35H41N7O3/c1-35(2,44)19-40-17-24(15-37-40)25-7-5-6-21-13-28(41(31(21)25)16-20-8-9-20)33-38-26-12-23(14-29(45-4)32(26)39(33)3)34(43)42-18-22-10-11-27(42)30(22)36/h5-7,12-15,17,20,22,27,30,44H,8-11,16,18-19,36H2,1-4H3/t22-,27-,30-/m1/s1. The SMILES string of the molecule is COc1cc(C(=O)N2C[C@H]3CC[C@@H]2[C@@H]3N)cc2nc(-c3cc4cccc(-c5cnn(CC(C)(C)O)c5)c4n3CC3CC3)n(C)c12. The second kappa shape index (κ2) is 10.2. The number of methoxy groups -OCH3 is 1. The number of imidazole rings is 1. The van der Waals surface area contributed by atoms with Crippen molar-refractivity contribution in [2.24, 2.45) is 24.6 Å². The Balaban J connectivity index is 1.24. The van der Waals surface area contributed by atoms with Crippen LogP contribution < -0.4 is 10.5 Å². The van der Waals surface area contributed by atoms with Crippen LogP contribution in [0.3, 0.4) is 0 Å². The van der Waals surface area contributed by atoms with Crippen molar-refractivity contribution in [1.82, 2.24) is 28.8 Å². The average molecular weight is 608 g/mol. The largest absolute Gasteiger partial charge is 0.494 e. The van der Waals surface area contributed by atoms with Gasteiger partial charge in [-0.25, -0.2) is 4.98 Å². The highest BCUT2D eigenvalue weighted by Gasteiger charge is 2.47. The number of likely N-dealkylation sites (tertiary alicyclic amines) is 1. The molecule has 1 saturated heterocycles. The van der Waals surface area contributed by atoms with Gasteiger partial charge >= 0.3 is 0 Å². The predicted octanol–water partition coefficient (Wildman–Crippen LogP) is 4.81. The Hall–Kier alpha value is -4.15. The minimum atomic E-state index is -0.860. The van der Waals surface area contributed by atoms with Crippen LogP contribution in [-0.4, -0.2) is 71.2 Å². The smallest absolute Gasteiger partial charge is 0.254 e. The third-order valence-electron chi connectivity index (χ3n) is 10.1. The Morgan fingerprint density at radius 2 is 1.96 bits per heavy atom. The number of hydrogen-bond acceptors (Lipinski definition) is 6. The number of nitrogens with zero attached hydrogens (tertiary/aromatic N) is 6. The summed E-state index contributed by atoms with van der Waals surface area (Å²) in [5.41, 5.74) is 12.1. The zero-order valence-corrected chi connectivity index (χ0v) is 26.4. The number of carbonyl (C=O) groups excluding carboxylic acids is 1. The molecule has 4 heterocycles. The lowest BCUT2D eigenvalue weighted by Gasteiger charge is -2.27. The Kier molecular flexibility index (Phi) is 6.41. The quantitative estimate of drug-likeness (QED) is 0.262. The minimum absolute atomic E-state index is 0.00248. The first-order chi connectivity index (χ1) is 21.6. The van der Waals surface area contributed by atoms with E-state index in [1.165, 1.54) is 12.8 Å². The molecule has 234 valence electrons. The number of amides is 1. The number of hydrogen-bond donors (Lipinski definition) is 2. The summed E-state index contributed by atoms with van der Waals surface area (Å²) in [4.78, 5) is 20.9. The van der Waals surface area contributed by atoms with Crippen LogP contribution in [0.5, 0.6) is 5.75 Å². The summed E-state index contributed by atoms with van der Waals surface area (Å²) in [6.45, 7) is 5.61. The predicted molar refractivity (Wildman–Crippen MR) is 174 cm³/mol. The van der Waals surface area contributed by atoms with Gasteiger partial charge in [-0.1, -0.05) is 18.2 Å². The van der Waals surface area contributed by atoms with Gasteiger partial charge in [-0.15, -0.1) is 0 Å². The van der Waals surface area contributed by atoms with Gasteiger partial charge in [0.15, 0.2) is 5.82 Å². The molecular weight excluding hydrogens is 566 g/mol. The van der Waals surface area contributed by atoms with Crippen molar-refractivity contribution in [3.63, 3.8) is 0 Å². The number of rotatable bonds is 8. The van der Waals surface area contributed by atoms with Crippen LogP contribution in [0.4, 0.5) is 0 Å². The topological polar surface area (TPSA) is 116 Å². The Morgan fingerprint density at radius 3 is 2.64 bits per heavy atom. The van der Waals surface area contributed by atoms with Gasteiger partial charge in [-0.05, 0) is 69.6 Å². The van der Waals surface area contributed by atoms with E-state index in [-0.39, 0.29) is 18.0 Å². The van der Waals surface area contributed by atoms with Crippen LogP contribution in [0.25, 0.3) is 44.6 Å². The number of piperidine rings is 1. The molecule has 3 aliphatic rings. The number of aromatic nitrogens is 5. The molecule has 3 atom stereocenters. The lowest BCUT2D eigenvalue weighted by atomic mass is 10.1. The molecule has 0 radical (unpaired) electrons. The number of aliphatic hydroxyl groups is 1. The highest BCUT2D eigenvalue weighted by molar-refractivity contribution is 6.01. The van der Waals surface area contributed by atoms with Crippen molar-refractivity contribution in [3.05, 3.63) is 54.4 Å². The summed E-state index contributed by atoms with van der Waals surface area (Å²) >= 11 is 0. The van der Waals surface area contributed by atoms with Crippen LogP contribution >= 0.6 is 0 Å². The Labute approximate surface area is 262 Å². The summed E-state index contributed by atoms with van der Waals surface area (Å²) < 4.78 is 12.2. The van der Waals surface area contributed by atoms with Gasteiger partial charge in [0.25, 0.3) is 5.91 Å². The average Bonchev–Trinajstić information content (AvgIpc) is 3.29. The maximum atomic E-state index is 13.8. The monoisotopic (exact) mass is 607 g/mol. The van der Waals surface area contributed by atoms with E-state index in [1.54, 1.807) is 25.6 Å². The van der Waals surface area contributed by atoms with Crippen molar-refractivity contribution in [2.45, 2.75) is 70.3 Å². The van der Waals surface area contributed by atoms with Crippen molar-refractivity contribution in [3.8, 4) is 28.4 Å². The zero-order valence-electron chi connectivity index (χ0n) is 26.4. The van der Waals surface area contributed by atoms with Crippen molar-refractivity contribution < 1.29 is 14.6 Å². The first-order valence-electron chi connectivity index (χ1n) is 16.1. The number of para-hydroxylation sites is 1. The number of aryl methyl sites for hydroxylation is 1. The fraction of sp³-hybridized carbons (Fsp3) is 0.457. The summed E-state index contributed by atoms with van der Waals surface area (Å²) in [5, 5.41) is 16.0. The molecular formula is C35H41N7O3. The molecule has 10 nitrogen and oxygen atoms in total. The molecule has 2 bridgehead atoms. The van der Waals surface area contributed by atoms with Gasteiger partial charge in [0.2, 0.25) is 0 Å². The molecule has 8 rings (SSSR count). The third kappa shape index (κ3) is 4.73. The molecule has 3 aromatic heterocycles. The Morgan fingerprint density at radius 1 is 1.13 bits per heavy atom. The van der Waals surface area contributed by atoms with Crippen LogP contribution in [0.15, 0.2) is 48.8 Å². The van der Waals surface area contributed by atoms with Crippen molar-refractivity contribution in [2.75, 3.05) is 13.7 Å². The maximum Gasteiger partial charge on any atom is 0.254 e. The molecule has 2 aliphatic carbocycles. The second-order valence-corrected chi connectivity index (χ2v) is 14.0. The number of benzene rings is 2. The maximum absolute atomic E-state index is 13.8. The van der Waals surface area contributed by atoms with Crippen LogP contribution in [0.1, 0.15) is 49.9 Å². The second-order valence-electron chi connectivity index (χ2n) is 14.0. The molecule has 2 aromatic carbocycles. The lowest BCUT2D eigenvalue weighted by molar-refractivity contribution is 0.0577. The molecule has 1 amide bonds. The molecule has 1 aliphatic heterocycles. The summed E-state index contributed by atoms with van der Waals surface area (Å²) in [6, 6.07) is 12.6. The molecule has 5 aromatic rings. The Bertz CT molecular complexity index is 1960. The third-order valence-corrected chi connectivity index (χ3v) is 10.1. The van der Waals surface area contributed by atoms with Crippen LogP contribution in [0, 0.1) is 11.8 Å². The molecule has 3 fully saturated rings. The van der Waals surface area contributed by atoms with E-state index in [4.69, 9.17) is 15.5 Å². The first-order valence-corrected chi connectivity index (χ1v) is 16.1. The lowest BCUT2D eigenvalue weighted by Crippen LogP contribution is -2.41. The fourth-order valence-corrected chi connectivity index (χ4v) is 7.74. The summed E-state index contributed by atoms with van der Waals surface area (Å²) in [6.07, 6.45) is 8.40.